The molecule has 28 heavy (non-hydrogen) atoms. The number of rotatable bonds is 4. The summed E-state index contributed by atoms with van der Waals surface area (Å²) in [5.74, 6) is 0.445. The average Bonchev–Trinajstić information content (AvgIpc) is 3.09. The van der Waals surface area contributed by atoms with Crippen molar-refractivity contribution in [2.24, 2.45) is 4.99 Å². The number of allylic oxidation sites excluding steroid dienone is 1. The highest BCUT2D eigenvalue weighted by molar-refractivity contribution is 6.36. The summed E-state index contributed by atoms with van der Waals surface area (Å²) in [6.45, 7) is 0. The zero-order valence-corrected chi connectivity index (χ0v) is 16.7. The van der Waals surface area contributed by atoms with Crippen LogP contribution in [0.4, 0.5) is 5.69 Å². The number of hydrogen-bond acceptors (Lipinski definition) is 3. The number of fused-ring (bicyclic) bond motifs is 1. The lowest BCUT2D eigenvalue weighted by Crippen LogP contribution is -1.79. The van der Waals surface area contributed by atoms with Crippen LogP contribution in [0.5, 0.6) is 0 Å². The molecule has 0 spiro atoms. The summed E-state index contributed by atoms with van der Waals surface area (Å²) in [5, 5.41) is 1.77. The first-order chi connectivity index (χ1) is 13.6. The molecule has 1 aromatic heterocycles. The molecule has 3 nitrogen and oxygen atoms in total. The van der Waals surface area contributed by atoms with Crippen molar-refractivity contribution in [2.45, 2.75) is 0 Å². The fraction of sp³-hybridized carbons (Fsp3) is 0. The molecular weight excluding hydrogens is 415 g/mol. The van der Waals surface area contributed by atoms with E-state index in [4.69, 9.17) is 39.2 Å². The second kappa shape index (κ2) is 8.19. The van der Waals surface area contributed by atoms with E-state index < -0.39 is 0 Å². The van der Waals surface area contributed by atoms with Crippen molar-refractivity contribution in [3.8, 4) is 11.5 Å². The summed E-state index contributed by atoms with van der Waals surface area (Å²) < 4.78 is 5.81. The number of aliphatic imine (C=N–C) groups is 1. The van der Waals surface area contributed by atoms with Crippen molar-refractivity contribution in [2.75, 3.05) is 0 Å². The molecule has 0 saturated heterocycles. The van der Waals surface area contributed by atoms with Crippen molar-refractivity contribution in [3.05, 3.63) is 87.4 Å². The summed E-state index contributed by atoms with van der Waals surface area (Å²) >= 11 is 18.1. The smallest absolute Gasteiger partial charge is 0.228 e. The van der Waals surface area contributed by atoms with Crippen LogP contribution in [0.1, 0.15) is 5.56 Å². The molecule has 0 aliphatic carbocycles. The van der Waals surface area contributed by atoms with Gasteiger partial charge in [-0.25, -0.2) is 4.98 Å². The molecule has 0 N–H and O–H groups in total. The van der Waals surface area contributed by atoms with Crippen LogP contribution in [-0.2, 0) is 0 Å². The van der Waals surface area contributed by atoms with Gasteiger partial charge in [0.2, 0.25) is 5.89 Å². The topological polar surface area (TPSA) is 38.4 Å². The average molecular weight is 428 g/mol. The van der Waals surface area contributed by atoms with E-state index in [1.165, 1.54) is 0 Å². The Morgan fingerprint density at radius 2 is 1.64 bits per heavy atom. The van der Waals surface area contributed by atoms with Crippen molar-refractivity contribution < 1.29 is 4.42 Å². The van der Waals surface area contributed by atoms with Gasteiger partial charge in [-0.05, 0) is 60.2 Å². The normalized spacial score (nSPS) is 11.8. The molecule has 0 amide bonds. The lowest BCUT2D eigenvalue weighted by atomic mass is 10.2. The molecule has 4 aromatic rings. The van der Waals surface area contributed by atoms with Gasteiger partial charge in [0, 0.05) is 16.3 Å². The van der Waals surface area contributed by atoms with E-state index in [9.17, 15) is 0 Å². The maximum Gasteiger partial charge on any atom is 0.228 e. The highest BCUT2D eigenvalue weighted by atomic mass is 35.5. The Morgan fingerprint density at radius 3 is 2.43 bits per heavy atom. The quantitative estimate of drug-likeness (QED) is 0.311. The predicted octanol–water partition coefficient (Wildman–Crippen LogP) is 7.87. The van der Waals surface area contributed by atoms with Crippen LogP contribution >= 0.6 is 34.8 Å². The summed E-state index contributed by atoms with van der Waals surface area (Å²) in [6, 6.07) is 18.3. The van der Waals surface area contributed by atoms with Gasteiger partial charge in [0.1, 0.15) is 5.52 Å². The Balaban J connectivity index is 1.55. The summed E-state index contributed by atoms with van der Waals surface area (Å²) in [5.41, 5.74) is 3.88. The molecule has 0 saturated carbocycles. The molecule has 4 rings (SSSR count). The molecule has 0 fully saturated rings. The van der Waals surface area contributed by atoms with E-state index in [-0.39, 0.29) is 0 Å². The summed E-state index contributed by atoms with van der Waals surface area (Å²) in [4.78, 5) is 8.96. The van der Waals surface area contributed by atoms with E-state index in [1.807, 2.05) is 54.6 Å². The number of hydrogen-bond donors (Lipinski definition) is 0. The minimum atomic E-state index is 0.445. The second-order valence-electron chi connectivity index (χ2n) is 5.98. The third-order valence-electron chi connectivity index (χ3n) is 4.00. The lowest BCUT2D eigenvalue weighted by molar-refractivity contribution is 0.620. The van der Waals surface area contributed by atoms with Crippen molar-refractivity contribution in [1.82, 2.24) is 4.98 Å². The van der Waals surface area contributed by atoms with E-state index in [0.29, 0.717) is 37.6 Å². The Bertz CT molecular complexity index is 1190. The van der Waals surface area contributed by atoms with E-state index in [0.717, 1.165) is 11.3 Å². The number of halogens is 3. The van der Waals surface area contributed by atoms with Gasteiger partial charge in [-0.1, -0.05) is 53.0 Å². The number of benzene rings is 3. The van der Waals surface area contributed by atoms with Crippen LogP contribution in [0.3, 0.4) is 0 Å². The van der Waals surface area contributed by atoms with Crippen molar-refractivity contribution >= 4 is 63.9 Å². The fourth-order valence-corrected chi connectivity index (χ4v) is 3.25. The minimum absolute atomic E-state index is 0.445. The Morgan fingerprint density at radius 1 is 0.857 bits per heavy atom. The van der Waals surface area contributed by atoms with Crippen molar-refractivity contribution in [1.29, 1.82) is 0 Å². The second-order valence-corrected chi connectivity index (χ2v) is 7.26. The first kappa shape index (κ1) is 18.8. The Kier molecular flexibility index (Phi) is 5.49. The molecule has 138 valence electrons. The van der Waals surface area contributed by atoms with Gasteiger partial charge < -0.3 is 4.42 Å². The Labute approximate surface area is 176 Å². The van der Waals surface area contributed by atoms with E-state index in [2.05, 4.69) is 9.98 Å². The van der Waals surface area contributed by atoms with Gasteiger partial charge >= 0.3 is 0 Å². The van der Waals surface area contributed by atoms with Crippen LogP contribution in [0.2, 0.25) is 15.1 Å². The van der Waals surface area contributed by atoms with E-state index in [1.54, 1.807) is 24.4 Å². The standard InChI is InChI=1S/C22H13Cl3N2O/c23-15-5-3-14(4-6-15)2-1-11-26-17-8-10-21-20(13-17)27-22(28-21)18-9-7-16(24)12-19(18)25/h1-13H/b2-1+,26-11?. The highest BCUT2D eigenvalue weighted by Gasteiger charge is 2.12. The molecule has 0 unspecified atom stereocenters. The molecule has 0 aliphatic heterocycles. The predicted molar refractivity (Wildman–Crippen MR) is 118 cm³/mol. The first-order valence-electron chi connectivity index (χ1n) is 8.41. The van der Waals surface area contributed by atoms with Crippen LogP contribution in [-0.4, -0.2) is 11.2 Å². The zero-order chi connectivity index (χ0) is 19.5. The van der Waals surface area contributed by atoms with Gasteiger partial charge in [-0.2, -0.15) is 0 Å². The third kappa shape index (κ3) is 4.28. The minimum Gasteiger partial charge on any atom is -0.436 e. The molecule has 0 bridgehead atoms. The number of oxazole rings is 1. The van der Waals surface area contributed by atoms with Crippen LogP contribution < -0.4 is 0 Å². The summed E-state index contributed by atoms with van der Waals surface area (Å²) in [7, 11) is 0. The fourth-order valence-electron chi connectivity index (χ4n) is 2.63. The van der Waals surface area contributed by atoms with Gasteiger partial charge in [0.25, 0.3) is 0 Å². The van der Waals surface area contributed by atoms with Crippen molar-refractivity contribution in [3.63, 3.8) is 0 Å². The largest absolute Gasteiger partial charge is 0.436 e. The number of nitrogens with zero attached hydrogens (tertiary/aromatic N) is 2. The highest BCUT2D eigenvalue weighted by Crippen LogP contribution is 2.32. The van der Waals surface area contributed by atoms with E-state index >= 15 is 0 Å². The molecule has 3 aromatic carbocycles. The van der Waals surface area contributed by atoms with Gasteiger partial charge in [-0.15, -0.1) is 0 Å². The maximum absolute atomic E-state index is 6.24. The Hall–Kier alpha value is -2.59. The van der Waals surface area contributed by atoms with Gasteiger partial charge in [0.05, 0.1) is 16.3 Å². The first-order valence-corrected chi connectivity index (χ1v) is 9.54. The van der Waals surface area contributed by atoms with Crippen LogP contribution in [0.25, 0.3) is 28.6 Å². The molecule has 6 heteroatoms. The molecule has 1 heterocycles. The van der Waals surface area contributed by atoms with Gasteiger partial charge in [-0.3, -0.25) is 4.99 Å². The lowest BCUT2D eigenvalue weighted by Gasteiger charge is -1.98. The van der Waals surface area contributed by atoms with Gasteiger partial charge in [0.15, 0.2) is 5.58 Å². The molecule has 0 radical (unpaired) electrons. The monoisotopic (exact) mass is 426 g/mol. The maximum atomic E-state index is 6.24. The molecule has 0 aliphatic rings. The van der Waals surface area contributed by atoms with Crippen LogP contribution in [0.15, 0.2) is 76.1 Å². The summed E-state index contributed by atoms with van der Waals surface area (Å²) in [6.07, 6.45) is 5.55. The molecular formula is C22H13Cl3N2O. The number of aromatic nitrogens is 1. The zero-order valence-electron chi connectivity index (χ0n) is 14.4. The molecule has 0 atom stereocenters. The van der Waals surface area contributed by atoms with Crippen LogP contribution in [0, 0.1) is 0 Å². The SMILES string of the molecule is Clc1ccc(/C=C/C=Nc2ccc3oc(-c4ccc(Cl)cc4Cl)nc3c2)cc1. The third-order valence-corrected chi connectivity index (χ3v) is 4.80.